The van der Waals surface area contributed by atoms with Gasteiger partial charge in [0, 0.05) is 18.0 Å². The van der Waals surface area contributed by atoms with Crippen LogP contribution in [-0.2, 0) is 39.1 Å². The fraction of sp³-hybridized carbons (Fsp3) is 0.618. The van der Waals surface area contributed by atoms with E-state index < -0.39 is 50.3 Å². The molecule has 1 heterocycles. The van der Waals surface area contributed by atoms with E-state index in [1.165, 1.54) is 12.8 Å². The number of hydrogen-bond acceptors (Lipinski definition) is 10. The van der Waals surface area contributed by atoms with Gasteiger partial charge in [-0.1, -0.05) is 25.7 Å². The Labute approximate surface area is 267 Å². The van der Waals surface area contributed by atoms with Crippen LogP contribution in [0.3, 0.4) is 0 Å². The molecule has 1 aromatic carbocycles. The average Bonchev–Trinajstić information content (AvgIpc) is 3.23. The molecular weight excluding hydrogens is 597 g/mol. The van der Waals surface area contributed by atoms with Crippen LogP contribution in [0.15, 0.2) is 24.3 Å². The topological polar surface area (TPSA) is 130 Å². The van der Waals surface area contributed by atoms with E-state index in [0.717, 1.165) is 53.8 Å². The van der Waals surface area contributed by atoms with E-state index in [-0.39, 0.29) is 11.7 Å². The molecule has 0 amide bonds. The molecular formula is C34H50NO9P. The summed E-state index contributed by atoms with van der Waals surface area (Å²) in [4.78, 5) is 29.2. The standard InChI is InChI=1S/C34H50NO9P/c1-23-17-27(18-24(2)28(23)19-26-15-16-29(36)30(35-26)25-13-11-9-10-12-14-25)42-22-45(39,43-20-40-31(37)33(3,4)5)44-21-41-32(38)34(6,7)8/h15-18,25,36H,9-14,19-22H2,1-8H3. The highest BCUT2D eigenvalue weighted by Gasteiger charge is 2.31. The third-order valence-corrected chi connectivity index (χ3v) is 9.17. The molecule has 0 spiro atoms. The molecule has 1 aliphatic rings. The quantitative estimate of drug-likeness (QED) is 0.104. The van der Waals surface area contributed by atoms with Crippen molar-refractivity contribution in [3.05, 3.63) is 52.3 Å². The zero-order valence-corrected chi connectivity index (χ0v) is 29.0. The van der Waals surface area contributed by atoms with Gasteiger partial charge in [0.15, 0.2) is 6.35 Å². The van der Waals surface area contributed by atoms with Crippen LogP contribution in [0.4, 0.5) is 0 Å². The first-order chi connectivity index (χ1) is 21.0. The van der Waals surface area contributed by atoms with Gasteiger partial charge >= 0.3 is 19.5 Å². The third kappa shape index (κ3) is 11.1. The zero-order chi connectivity index (χ0) is 33.4. The number of hydrogen-bond donors (Lipinski definition) is 1. The van der Waals surface area contributed by atoms with E-state index in [2.05, 4.69) is 0 Å². The lowest BCUT2D eigenvalue weighted by Gasteiger charge is -2.22. The Kier molecular flexibility index (Phi) is 12.6. The zero-order valence-electron chi connectivity index (χ0n) is 28.1. The number of esters is 2. The predicted octanol–water partition coefficient (Wildman–Crippen LogP) is 8.09. The number of aromatic nitrogens is 1. The van der Waals surface area contributed by atoms with Crippen LogP contribution < -0.4 is 4.74 Å². The van der Waals surface area contributed by atoms with Gasteiger partial charge in [-0.2, -0.15) is 0 Å². The highest BCUT2D eigenvalue weighted by molar-refractivity contribution is 7.53. The first kappa shape index (κ1) is 36.5. The molecule has 11 heteroatoms. The van der Waals surface area contributed by atoms with Crippen LogP contribution in [0.2, 0.25) is 0 Å². The van der Waals surface area contributed by atoms with Crippen LogP contribution in [0.5, 0.6) is 11.5 Å². The van der Waals surface area contributed by atoms with Crippen molar-refractivity contribution < 1.29 is 42.5 Å². The molecule has 1 N–H and O–H groups in total. The number of rotatable bonds is 12. The monoisotopic (exact) mass is 647 g/mol. The molecule has 0 radical (unpaired) electrons. The van der Waals surface area contributed by atoms with Gasteiger partial charge in [0.1, 0.15) is 11.5 Å². The van der Waals surface area contributed by atoms with Crippen LogP contribution >= 0.6 is 7.60 Å². The van der Waals surface area contributed by atoms with Crippen LogP contribution in [0.1, 0.15) is 114 Å². The Bertz CT molecular complexity index is 1310. The maximum atomic E-state index is 13.6. The SMILES string of the molecule is Cc1cc(OCP(=O)(OCOC(=O)C(C)(C)C)OCOC(=O)C(C)(C)C)cc(C)c1Cc1ccc(O)c(C2CCCCCC2)n1. The molecule has 1 fully saturated rings. The minimum atomic E-state index is -4.04. The molecule has 1 aromatic heterocycles. The molecule has 3 rings (SSSR count). The van der Waals surface area contributed by atoms with Gasteiger partial charge in [-0.25, -0.2) is 0 Å². The van der Waals surface area contributed by atoms with Gasteiger partial charge in [0.25, 0.3) is 0 Å². The number of ether oxygens (including phenoxy) is 3. The fourth-order valence-corrected chi connectivity index (χ4v) is 5.93. The fourth-order valence-electron chi connectivity index (χ4n) is 4.98. The predicted molar refractivity (Wildman–Crippen MR) is 171 cm³/mol. The van der Waals surface area contributed by atoms with E-state index in [9.17, 15) is 19.3 Å². The molecule has 0 unspecified atom stereocenters. The van der Waals surface area contributed by atoms with Crippen molar-refractivity contribution in [2.75, 3.05) is 19.9 Å². The summed E-state index contributed by atoms with van der Waals surface area (Å²) in [5.41, 5.74) is 3.09. The minimum Gasteiger partial charge on any atom is -0.506 e. The summed E-state index contributed by atoms with van der Waals surface area (Å²) < 4.78 is 40.4. The number of pyridine rings is 1. The highest BCUT2D eigenvalue weighted by Crippen LogP contribution is 2.48. The summed E-state index contributed by atoms with van der Waals surface area (Å²) in [7, 11) is -4.04. The van der Waals surface area contributed by atoms with E-state index in [4.69, 9.17) is 28.2 Å². The smallest absolute Gasteiger partial charge is 0.373 e. The molecule has 0 bridgehead atoms. The van der Waals surface area contributed by atoms with Gasteiger partial charge in [-0.15, -0.1) is 0 Å². The van der Waals surface area contributed by atoms with E-state index in [1.54, 1.807) is 47.6 Å². The molecule has 250 valence electrons. The van der Waals surface area contributed by atoms with E-state index >= 15 is 0 Å². The van der Waals surface area contributed by atoms with Gasteiger partial charge in [-0.05, 0) is 109 Å². The lowest BCUT2D eigenvalue weighted by molar-refractivity contribution is -0.162. The summed E-state index contributed by atoms with van der Waals surface area (Å²) in [6.07, 6.45) is 6.94. The van der Waals surface area contributed by atoms with Gasteiger partial charge < -0.3 is 19.3 Å². The first-order valence-corrected chi connectivity index (χ1v) is 17.4. The summed E-state index contributed by atoms with van der Waals surface area (Å²) in [5.74, 6) is -0.101. The Hall–Kier alpha value is -2.94. The number of aryl methyl sites for hydroxylation is 2. The maximum absolute atomic E-state index is 13.6. The molecule has 1 aliphatic carbocycles. The number of carbonyl (C=O) groups is 2. The number of aromatic hydroxyl groups is 1. The Morgan fingerprint density at radius 3 is 1.87 bits per heavy atom. The summed E-state index contributed by atoms with van der Waals surface area (Å²) in [5, 5.41) is 10.6. The van der Waals surface area contributed by atoms with Crippen molar-refractivity contribution >= 4 is 19.5 Å². The van der Waals surface area contributed by atoms with Crippen molar-refractivity contribution in [3.8, 4) is 11.5 Å². The van der Waals surface area contributed by atoms with Crippen molar-refractivity contribution in [2.24, 2.45) is 10.8 Å². The minimum absolute atomic E-state index is 0.262. The molecule has 0 saturated heterocycles. The second-order valence-corrected chi connectivity index (χ2v) is 15.8. The molecule has 0 atom stereocenters. The third-order valence-electron chi connectivity index (χ3n) is 7.72. The normalized spacial score (nSPS) is 14.9. The van der Waals surface area contributed by atoms with Crippen molar-refractivity contribution in [1.29, 1.82) is 0 Å². The molecule has 10 nitrogen and oxygen atoms in total. The van der Waals surface area contributed by atoms with Crippen LogP contribution in [0.25, 0.3) is 0 Å². The van der Waals surface area contributed by atoms with Crippen molar-refractivity contribution in [3.63, 3.8) is 0 Å². The van der Waals surface area contributed by atoms with Crippen LogP contribution in [0, 0.1) is 24.7 Å². The summed E-state index contributed by atoms with van der Waals surface area (Å²) in [6, 6.07) is 7.28. The highest BCUT2D eigenvalue weighted by atomic mass is 31.2. The van der Waals surface area contributed by atoms with Gasteiger partial charge in [0.2, 0.25) is 13.6 Å². The van der Waals surface area contributed by atoms with E-state index in [1.807, 2.05) is 32.0 Å². The molecule has 0 aliphatic heterocycles. The van der Waals surface area contributed by atoms with E-state index in [0.29, 0.717) is 12.2 Å². The van der Waals surface area contributed by atoms with Gasteiger partial charge in [0.05, 0.1) is 16.5 Å². The number of carbonyl (C=O) groups excluding carboxylic acids is 2. The lowest BCUT2D eigenvalue weighted by Crippen LogP contribution is -2.25. The lowest BCUT2D eigenvalue weighted by atomic mass is 9.94. The van der Waals surface area contributed by atoms with Crippen molar-refractivity contribution in [1.82, 2.24) is 4.98 Å². The Morgan fingerprint density at radius 2 is 1.38 bits per heavy atom. The average molecular weight is 648 g/mol. The van der Waals surface area contributed by atoms with Crippen LogP contribution in [-0.4, -0.2) is 42.0 Å². The first-order valence-electron chi connectivity index (χ1n) is 15.6. The molecule has 2 aromatic rings. The second-order valence-electron chi connectivity index (χ2n) is 13.8. The Morgan fingerprint density at radius 1 is 0.867 bits per heavy atom. The number of benzene rings is 1. The largest absolute Gasteiger partial charge is 0.506 e. The molecule has 1 saturated carbocycles. The maximum Gasteiger partial charge on any atom is 0.373 e. The molecule has 45 heavy (non-hydrogen) atoms. The van der Waals surface area contributed by atoms with Crippen molar-refractivity contribution in [2.45, 2.75) is 106 Å². The number of nitrogens with zero attached hydrogens (tertiary/aromatic N) is 1. The summed E-state index contributed by atoms with van der Waals surface area (Å²) in [6.45, 7) is 12.8. The Balaban J connectivity index is 1.72. The summed E-state index contributed by atoms with van der Waals surface area (Å²) >= 11 is 0. The second kappa shape index (κ2) is 15.6. The van der Waals surface area contributed by atoms with Gasteiger partial charge in [-0.3, -0.25) is 28.2 Å².